The Hall–Kier alpha value is -1.10. The average molecular weight is 232 g/mol. The first-order valence-electron chi connectivity index (χ1n) is 5.20. The fourth-order valence-electron chi connectivity index (χ4n) is 1.34. The number of nitrogens with one attached hydrogen (secondary N) is 1. The quantitative estimate of drug-likeness (QED) is 0.789. The lowest BCUT2D eigenvalue weighted by Crippen LogP contribution is -2.22. The molecule has 1 heterocycles. The van der Waals surface area contributed by atoms with Gasteiger partial charge in [-0.05, 0) is 32.0 Å². The van der Waals surface area contributed by atoms with Crippen LogP contribution in [-0.2, 0) is 0 Å². The summed E-state index contributed by atoms with van der Waals surface area (Å²) in [5.41, 5.74) is 0.842. The van der Waals surface area contributed by atoms with Crippen LogP contribution in [0, 0.1) is 0 Å². The molecule has 0 aliphatic rings. The molecule has 0 amide bonds. The summed E-state index contributed by atoms with van der Waals surface area (Å²) in [7, 11) is 0. The zero-order valence-electron chi connectivity index (χ0n) is 9.09. The van der Waals surface area contributed by atoms with Gasteiger partial charge in [0.2, 0.25) is 0 Å². The van der Waals surface area contributed by atoms with Crippen LogP contribution in [0.5, 0.6) is 0 Å². The van der Waals surface area contributed by atoms with Crippen molar-refractivity contribution in [2.75, 3.05) is 6.54 Å². The molecule has 1 rings (SSSR count). The minimum Gasteiger partial charge on any atom is -0.309 e. The van der Waals surface area contributed by atoms with E-state index in [2.05, 4.69) is 10.3 Å². The molecule has 0 saturated carbocycles. The predicted octanol–water partition coefficient (Wildman–Crippen LogP) is 3.07. The molecule has 0 radical (unpaired) electrons. The summed E-state index contributed by atoms with van der Waals surface area (Å²) in [6.07, 6.45) is -3.03. The van der Waals surface area contributed by atoms with Crippen LogP contribution in [0.3, 0.4) is 0 Å². The second-order valence-electron chi connectivity index (χ2n) is 3.65. The van der Waals surface area contributed by atoms with Gasteiger partial charge in [-0.25, -0.2) is 0 Å². The van der Waals surface area contributed by atoms with Crippen LogP contribution in [0.25, 0.3) is 0 Å². The molecule has 0 aliphatic carbocycles. The van der Waals surface area contributed by atoms with Crippen LogP contribution in [0.1, 0.15) is 31.5 Å². The standard InChI is InChI=1S/C11H15F3N2/c1-9(10-5-2-3-7-16-10)15-8-4-6-11(12,13)14/h2-3,5,7,9,15H,4,6,8H2,1H3. The maximum absolute atomic E-state index is 11.9. The summed E-state index contributed by atoms with van der Waals surface area (Å²) in [5.74, 6) is 0. The molecule has 2 nitrogen and oxygen atoms in total. The normalized spacial score (nSPS) is 13.8. The Kier molecular flexibility index (Phi) is 4.73. The molecule has 1 aromatic rings. The number of alkyl halides is 3. The molecule has 1 aromatic heterocycles. The molecule has 90 valence electrons. The maximum Gasteiger partial charge on any atom is 0.389 e. The monoisotopic (exact) mass is 232 g/mol. The van der Waals surface area contributed by atoms with E-state index in [0.717, 1.165) is 5.69 Å². The Morgan fingerprint density at radius 2 is 2.12 bits per heavy atom. The van der Waals surface area contributed by atoms with Gasteiger partial charge in [0.15, 0.2) is 0 Å². The molecule has 0 bridgehead atoms. The lowest BCUT2D eigenvalue weighted by Gasteiger charge is -2.13. The molecule has 1 unspecified atom stereocenters. The SMILES string of the molecule is CC(NCCCC(F)(F)F)c1ccccn1. The van der Waals surface area contributed by atoms with Crippen molar-refractivity contribution >= 4 is 0 Å². The number of nitrogens with zero attached hydrogens (tertiary/aromatic N) is 1. The Balaban J connectivity index is 2.24. The van der Waals surface area contributed by atoms with Crippen molar-refractivity contribution in [1.82, 2.24) is 10.3 Å². The predicted molar refractivity (Wildman–Crippen MR) is 55.9 cm³/mol. The smallest absolute Gasteiger partial charge is 0.309 e. The van der Waals surface area contributed by atoms with Crippen LogP contribution in [0.15, 0.2) is 24.4 Å². The van der Waals surface area contributed by atoms with Gasteiger partial charge in [0.25, 0.3) is 0 Å². The Labute approximate surface area is 92.9 Å². The highest BCUT2D eigenvalue weighted by atomic mass is 19.4. The molecule has 1 N–H and O–H groups in total. The number of pyridine rings is 1. The van der Waals surface area contributed by atoms with Crippen LogP contribution >= 0.6 is 0 Å². The van der Waals surface area contributed by atoms with E-state index < -0.39 is 12.6 Å². The highest BCUT2D eigenvalue weighted by Crippen LogP contribution is 2.21. The van der Waals surface area contributed by atoms with Gasteiger partial charge in [-0.15, -0.1) is 0 Å². The Bertz CT molecular complexity index is 298. The fraction of sp³-hybridized carbons (Fsp3) is 0.545. The number of hydrogen-bond acceptors (Lipinski definition) is 2. The summed E-state index contributed by atoms with van der Waals surface area (Å²) in [4.78, 5) is 4.12. The number of rotatable bonds is 5. The average Bonchev–Trinajstić information content (AvgIpc) is 2.24. The highest BCUT2D eigenvalue weighted by Gasteiger charge is 2.25. The number of halogens is 3. The van der Waals surface area contributed by atoms with Crippen LogP contribution in [0.4, 0.5) is 13.2 Å². The van der Waals surface area contributed by atoms with Gasteiger partial charge in [0, 0.05) is 18.7 Å². The van der Waals surface area contributed by atoms with Gasteiger partial charge in [0.1, 0.15) is 0 Å². The van der Waals surface area contributed by atoms with Crippen molar-refractivity contribution in [3.63, 3.8) is 0 Å². The zero-order valence-corrected chi connectivity index (χ0v) is 9.09. The van der Waals surface area contributed by atoms with Gasteiger partial charge < -0.3 is 5.32 Å². The lowest BCUT2D eigenvalue weighted by atomic mass is 10.2. The molecule has 0 aliphatic heterocycles. The number of aromatic nitrogens is 1. The Morgan fingerprint density at radius 3 is 2.69 bits per heavy atom. The van der Waals surface area contributed by atoms with E-state index in [0.29, 0.717) is 6.54 Å². The molecule has 0 spiro atoms. The van der Waals surface area contributed by atoms with E-state index in [1.807, 2.05) is 19.1 Å². The van der Waals surface area contributed by atoms with Gasteiger partial charge in [-0.1, -0.05) is 6.07 Å². The Morgan fingerprint density at radius 1 is 1.38 bits per heavy atom. The first kappa shape index (κ1) is 13.0. The summed E-state index contributed by atoms with van der Waals surface area (Å²) < 4.78 is 35.6. The topological polar surface area (TPSA) is 24.9 Å². The summed E-state index contributed by atoms with van der Waals surface area (Å²) in [5, 5.41) is 3.01. The summed E-state index contributed by atoms with van der Waals surface area (Å²) in [6.45, 7) is 2.23. The van der Waals surface area contributed by atoms with E-state index in [1.54, 1.807) is 12.3 Å². The van der Waals surface area contributed by atoms with E-state index >= 15 is 0 Å². The summed E-state index contributed by atoms with van der Waals surface area (Å²) >= 11 is 0. The van der Waals surface area contributed by atoms with Gasteiger partial charge in [0.05, 0.1) is 5.69 Å². The molecule has 0 saturated heterocycles. The number of hydrogen-bond donors (Lipinski definition) is 1. The van der Waals surface area contributed by atoms with Gasteiger partial charge in [-0.3, -0.25) is 4.98 Å². The van der Waals surface area contributed by atoms with Crippen LogP contribution in [-0.4, -0.2) is 17.7 Å². The third kappa shape index (κ3) is 5.11. The van der Waals surface area contributed by atoms with E-state index in [9.17, 15) is 13.2 Å². The lowest BCUT2D eigenvalue weighted by molar-refractivity contribution is -0.135. The first-order chi connectivity index (χ1) is 7.49. The van der Waals surface area contributed by atoms with Crippen molar-refractivity contribution in [1.29, 1.82) is 0 Å². The minimum absolute atomic E-state index is 0.0190. The van der Waals surface area contributed by atoms with Crippen molar-refractivity contribution in [3.8, 4) is 0 Å². The van der Waals surface area contributed by atoms with E-state index in [-0.39, 0.29) is 12.5 Å². The fourth-order valence-corrected chi connectivity index (χ4v) is 1.34. The molecule has 0 fully saturated rings. The summed E-state index contributed by atoms with van der Waals surface area (Å²) in [6, 6.07) is 5.49. The van der Waals surface area contributed by atoms with E-state index in [1.165, 1.54) is 0 Å². The molecule has 0 aromatic carbocycles. The van der Waals surface area contributed by atoms with Gasteiger partial charge in [-0.2, -0.15) is 13.2 Å². The largest absolute Gasteiger partial charge is 0.389 e. The van der Waals surface area contributed by atoms with Crippen molar-refractivity contribution < 1.29 is 13.2 Å². The van der Waals surface area contributed by atoms with Crippen molar-refractivity contribution in [3.05, 3.63) is 30.1 Å². The third-order valence-electron chi connectivity index (χ3n) is 2.22. The maximum atomic E-state index is 11.9. The van der Waals surface area contributed by atoms with Crippen molar-refractivity contribution in [2.24, 2.45) is 0 Å². The molecule has 16 heavy (non-hydrogen) atoms. The zero-order chi connectivity index (χ0) is 12.0. The van der Waals surface area contributed by atoms with Gasteiger partial charge >= 0.3 is 6.18 Å². The highest BCUT2D eigenvalue weighted by molar-refractivity contribution is 5.07. The third-order valence-corrected chi connectivity index (χ3v) is 2.22. The second-order valence-corrected chi connectivity index (χ2v) is 3.65. The molecule has 5 heteroatoms. The minimum atomic E-state index is -4.06. The first-order valence-corrected chi connectivity index (χ1v) is 5.20. The van der Waals surface area contributed by atoms with Crippen LogP contribution in [0.2, 0.25) is 0 Å². The van der Waals surface area contributed by atoms with Crippen LogP contribution < -0.4 is 5.32 Å². The second kappa shape index (κ2) is 5.84. The van der Waals surface area contributed by atoms with E-state index in [4.69, 9.17) is 0 Å². The molecular formula is C11H15F3N2. The molecule has 1 atom stereocenters. The van der Waals surface area contributed by atoms with Crippen molar-refractivity contribution in [2.45, 2.75) is 32.0 Å². The molecular weight excluding hydrogens is 217 g/mol.